The molecule has 48 heavy (non-hydrogen) atoms. The molecule has 3 unspecified atom stereocenters. The summed E-state index contributed by atoms with van der Waals surface area (Å²) in [7, 11) is 0. The van der Waals surface area contributed by atoms with Gasteiger partial charge in [-0.3, -0.25) is 0 Å². The summed E-state index contributed by atoms with van der Waals surface area (Å²) in [5.74, 6) is 0. The Labute approximate surface area is 284 Å². The topological polar surface area (TPSA) is 51.4 Å². The highest BCUT2D eigenvalue weighted by molar-refractivity contribution is 7.25. The van der Waals surface area contributed by atoms with Crippen molar-refractivity contribution < 1.29 is 9.13 Å². The maximum Gasteiger partial charge on any atom is 0.350 e. The van der Waals surface area contributed by atoms with E-state index in [1.54, 1.807) is 0 Å². The maximum atomic E-state index is 5.61. The number of thiophene rings is 1. The Kier molecular flexibility index (Phi) is 5.43. The van der Waals surface area contributed by atoms with Gasteiger partial charge in [0.1, 0.15) is 11.4 Å². The molecule has 1 fully saturated rings. The van der Waals surface area contributed by atoms with Crippen LogP contribution in [0.4, 0.5) is 0 Å². The van der Waals surface area contributed by atoms with Crippen LogP contribution in [0.15, 0.2) is 85.3 Å². The highest BCUT2D eigenvalue weighted by atomic mass is 32.1. The summed E-state index contributed by atoms with van der Waals surface area (Å²) in [6, 6.07) is 25.6. The number of hydrogen-bond acceptors (Lipinski definition) is 4. The first-order valence-corrected chi connectivity index (χ1v) is 18.4. The van der Waals surface area contributed by atoms with Crippen LogP contribution in [0.25, 0.3) is 54.0 Å². The molecule has 2 aromatic carbocycles. The second kappa shape index (κ2) is 9.14. The molecular formula is C41H40N6S+2. The Hall–Kier alpha value is -4.49. The molecule has 10 rings (SSSR count). The molecular weight excluding hydrogens is 609 g/mol. The summed E-state index contributed by atoms with van der Waals surface area (Å²) >= 11 is 1.92. The fourth-order valence-electron chi connectivity index (χ4n) is 10.3. The number of benzene rings is 2. The first kappa shape index (κ1) is 28.5. The molecule has 0 bridgehead atoms. The molecule has 3 aliphatic rings. The fraction of sp³-hybridized carbons (Fsp3) is 0.341. The van der Waals surface area contributed by atoms with E-state index in [2.05, 4.69) is 128 Å². The van der Waals surface area contributed by atoms with Crippen molar-refractivity contribution in [2.45, 2.75) is 89.3 Å². The molecule has 7 heteroatoms. The molecule has 0 N–H and O–H groups in total. The summed E-state index contributed by atoms with van der Waals surface area (Å²) in [6.45, 7) is 13.8. The lowest BCUT2D eigenvalue weighted by Crippen LogP contribution is -2.61. The standard InChI is InChI=1S/C41H40N6S/c1-7-12-25-14-15-26-27-22-29-28(23-35(27)48-34(26)21-25)31-17-16-30-37(43-19-18-42-30)46(31)41(29)39(8-2)40(41,9-3)47-33(24-36(44-47)38(4,5)6)32-13-10-11-20-45(32)39/h10-11,13-24H,7-9,12H2,1-6H3/q+2. The SMILES string of the molecule is CCCc1ccc2c(c1)sc1cc3c(cc12)C1([n+]2c-3ccc3nccnc32)C2(CC)n3nc(C(C)(C)C)cc3-c3cccc[n+]3C21CC. The van der Waals surface area contributed by atoms with Crippen molar-refractivity contribution in [3.63, 3.8) is 0 Å². The van der Waals surface area contributed by atoms with E-state index < -0.39 is 11.1 Å². The van der Waals surface area contributed by atoms with Gasteiger partial charge in [-0.25, -0.2) is 14.2 Å². The van der Waals surface area contributed by atoms with E-state index in [4.69, 9.17) is 15.1 Å². The summed E-state index contributed by atoms with van der Waals surface area (Å²) < 4.78 is 10.4. The summed E-state index contributed by atoms with van der Waals surface area (Å²) in [5, 5.41) is 8.30. The van der Waals surface area contributed by atoms with E-state index in [-0.39, 0.29) is 11.0 Å². The monoisotopic (exact) mass is 648 g/mol. The zero-order valence-electron chi connectivity index (χ0n) is 28.5. The van der Waals surface area contributed by atoms with Gasteiger partial charge in [-0.05, 0) is 65.9 Å². The molecule has 0 saturated heterocycles. The predicted molar refractivity (Wildman–Crippen MR) is 192 cm³/mol. The average molecular weight is 649 g/mol. The highest BCUT2D eigenvalue weighted by Crippen LogP contribution is 2.78. The summed E-state index contributed by atoms with van der Waals surface area (Å²) in [5.41, 5.74) is 9.36. The van der Waals surface area contributed by atoms with E-state index >= 15 is 0 Å². The second-order valence-corrected chi connectivity index (χ2v) is 16.2. The Bertz CT molecular complexity index is 2520. The fourth-order valence-corrected chi connectivity index (χ4v) is 11.4. The van der Waals surface area contributed by atoms with Crippen LogP contribution < -0.4 is 9.13 Å². The van der Waals surface area contributed by atoms with Crippen molar-refractivity contribution in [1.82, 2.24) is 19.7 Å². The molecule has 7 heterocycles. The van der Waals surface area contributed by atoms with E-state index in [0.29, 0.717) is 0 Å². The molecule has 2 aliphatic heterocycles. The van der Waals surface area contributed by atoms with Crippen molar-refractivity contribution >= 4 is 42.7 Å². The largest absolute Gasteiger partial charge is 0.350 e. The van der Waals surface area contributed by atoms with Crippen LogP contribution in [0.5, 0.6) is 0 Å². The van der Waals surface area contributed by atoms with Crippen LogP contribution in [0.2, 0.25) is 0 Å². The molecule has 6 nitrogen and oxygen atoms in total. The van der Waals surface area contributed by atoms with Gasteiger partial charge in [0.25, 0.3) is 0 Å². The molecule has 238 valence electrons. The lowest BCUT2D eigenvalue weighted by atomic mass is 9.92. The van der Waals surface area contributed by atoms with Gasteiger partial charge < -0.3 is 0 Å². The molecule has 1 aliphatic carbocycles. The van der Waals surface area contributed by atoms with Gasteiger partial charge in [0.15, 0.2) is 23.4 Å². The second-order valence-electron chi connectivity index (χ2n) is 15.1. The minimum Gasteiger partial charge on any atom is -0.244 e. The van der Waals surface area contributed by atoms with Crippen LogP contribution in [0, 0.1) is 0 Å². The van der Waals surface area contributed by atoms with Gasteiger partial charge in [0.2, 0.25) is 16.8 Å². The van der Waals surface area contributed by atoms with E-state index in [1.165, 1.54) is 53.9 Å². The maximum absolute atomic E-state index is 5.61. The number of hydrogen-bond donors (Lipinski definition) is 0. The lowest BCUT2D eigenvalue weighted by molar-refractivity contribution is -0.791. The average Bonchev–Trinajstić information content (AvgIpc) is 3.48. The zero-order chi connectivity index (χ0) is 32.8. The first-order valence-electron chi connectivity index (χ1n) is 17.6. The molecule has 5 aromatic heterocycles. The van der Waals surface area contributed by atoms with Gasteiger partial charge in [0.05, 0.1) is 11.9 Å². The third-order valence-corrected chi connectivity index (χ3v) is 13.1. The van der Waals surface area contributed by atoms with Crippen LogP contribution >= 0.6 is 11.3 Å². The molecule has 1 saturated carbocycles. The third-order valence-electron chi connectivity index (χ3n) is 12.0. The molecule has 1 spiro atoms. The van der Waals surface area contributed by atoms with Crippen LogP contribution in [0.1, 0.15) is 77.6 Å². The molecule has 7 aromatic rings. The molecule has 3 atom stereocenters. The molecule has 0 radical (unpaired) electrons. The smallest absolute Gasteiger partial charge is 0.244 e. The Morgan fingerprint density at radius 1 is 0.833 bits per heavy atom. The van der Waals surface area contributed by atoms with Crippen LogP contribution in [-0.2, 0) is 28.5 Å². The normalized spacial score (nSPS) is 23.4. The van der Waals surface area contributed by atoms with Crippen molar-refractivity contribution in [3.05, 3.63) is 102 Å². The van der Waals surface area contributed by atoms with Gasteiger partial charge >= 0.3 is 5.65 Å². The zero-order valence-corrected chi connectivity index (χ0v) is 29.3. The molecule has 0 amide bonds. The summed E-state index contributed by atoms with van der Waals surface area (Å²) in [4.78, 5) is 9.97. The predicted octanol–water partition coefficient (Wildman–Crippen LogP) is 8.35. The summed E-state index contributed by atoms with van der Waals surface area (Å²) in [6.07, 6.45) is 10.1. The highest BCUT2D eigenvalue weighted by Gasteiger charge is 3.02. The van der Waals surface area contributed by atoms with Crippen molar-refractivity contribution in [1.29, 1.82) is 0 Å². The lowest BCUT2D eigenvalue weighted by Gasteiger charge is -2.25. The third kappa shape index (κ3) is 2.97. The number of fused-ring (bicyclic) bond motifs is 18. The Morgan fingerprint density at radius 2 is 1.67 bits per heavy atom. The van der Waals surface area contributed by atoms with E-state index in [9.17, 15) is 0 Å². The van der Waals surface area contributed by atoms with E-state index in [0.717, 1.165) is 42.5 Å². The number of aromatic nitrogens is 6. The minimum atomic E-state index is -0.499. The van der Waals surface area contributed by atoms with Crippen LogP contribution in [0.3, 0.4) is 0 Å². The number of nitrogens with zero attached hydrogens (tertiary/aromatic N) is 6. The van der Waals surface area contributed by atoms with Gasteiger partial charge in [-0.1, -0.05) is 60.1 Å². The van der Waals surface area contributed by atoms with Crippen molar-refractivity contribution in [2.75, 3.05) is 0 Å². The minimum absolute atomic E-state index is 0.0923. The number of aryl methyl sites for hydroxylation is 1. The van der Waals surface area contributed by atoms with E-state index in [1.807, 2.05) is 23.7 Å². The Balaban J connectivity index is 1.40. The van der Waals surface area contributed by atoms with Crippen LogP contribution in [-0.4, -0.2) is 19.7 Å². The number of pyridine rings is 2. The van der Waals surface area contributed by atoms with Crippen molar-refractivity contribution in [2.24, 2.45) is 0 Å². The van der Waals surface area contributed by atoms with Gasteiger partial charge in [-0.15, -0.1) is 11.3 Å². The first-order chi connectivity index (χ1) is 23.3. The van der Waals surface area contributed by atoms with Gasteiger partial charge in [-0.2, -0.15) is 9.67 Å². The Morgan fingerprint density at radius 3 is 2.46 bits per heavy atom. The quantitative estimate of drug-likeness (QED) is 0.180. The van der Waals surface area contributed by atoms with Gasteiger partial charge in [0, 0.05) is 55.3 Å². The van der Waals surface area contributed by atoms with Crippen molar-refractivity contribution in [3.8, 4) is 22.6 Å². The number of rotatable bonds is 4.